The molecule has 0 radical (unpaired) electrons. The Kier molecular flexibility index (Phi) is 4.39. The number of methoxy groups -OCH3 is 1. The minimum Gasteiger partial charge on any atom is -0.493 e. The van der Waals surface area contributed by atoms with Gasteiger partial charge in [0.2, 0.25) is 0 Å². The molecule has 0 saturated carbocycles. The van der Waals surface area contributed by atoms with Crippen LogP contribution in [0.2, 0.25) is 0 Å². The molecule has 2 rings (SSSR count). The molecule has 0 saturated heterocycles. The van der Waals surface area contributed by atoms with Gasteiger partial charge >= 0.3 is 0 Å². The minimum absolute atomic E-state index is 0.345. The van der Waals surface area contributed by atoms with Crippen molar-refractivity contribution in [3.05, 3.63) is 35.9 Å². The molecule has 5 nitrogen and oxygen atoms in total. The molecule has 5 heteroatoms. The maximum absolute atomic E-state index is 5.70. The van der Waals surface area contributed by atoms with Crippen LogP contribution in [0.5, 0.6) is 11.5 Å². The van der Waals surface area contributed by atoms with Crippen LogP contribution in [-0.2, 0) is 13.2 Å². The van der Waals surface area contributed by atoms with Crippen molar-refractivity contribution in [3.8, 4) is 11.5 Å². The molecule has 0 aliphatic rings. The Morgan fingerprint density at radius 2 is 1.95 bits per heavy atom. The zero-order valence-corrected chi connectivity index (χ0v) is 11.6. The average Bonchev–Trinajstić information content (AvgIpc) is 2.78. The predicted molar refractivity (Wildman–Crippen MR) is 72.4 cm³/mol. The molecule has 0 spiro atoms. The van der Waals surface area contributed by atoms with Gasteiger partial charge in [-0.15, -0.1) is 0 Å². The van der Waals surface area contributed by atoms with Gasteiger partial charge in [-0.1, -0.05) is 19.1 Å². The normalized spacial score (nSPS) is 10.5. The SMILES string of the molecule is CCCn1nc(COc2ccccc2OC)nc1C. The van der Waals surface area contributed by atoms with E-state index < -0.39 is 0 Å². The van der Waals surface area contributed by atoms with Crippen LogP contribution in [0.4, 0.5) is 0 Å². The Balaban J connectivity index is 2.04. The summed E-state index contributed by atoms with van der Waals surface area (Å²) in [5.41, 5.74) is 0. The fourth-order valence-electron chi connectivity index (χ4n) is 1.84. The van der Waals surface area contributed by atoms with Gasteiger partial charge in [0, 0.05) is 6.54 Å². The van der Waals surface area contributed by atoms with Crippen LogP contribution < -0.4 is 9.47 Å². The highest BCUT2D eigenvalue weighted by Gasteiger charge is 2.08. The Labute approximate surface area is 113 Å². The fourth-order valence-corrected chi connectivity index (χ4v) is 1.84. The van der Waals surface area contributed by atoms with Gasteiger partial charge in [-0.25, -0.2) is 9.67 Å². The van der Waals surface area contributed by atoms with E-state index in [0.29, 0.717) is 23.9 Å². The third-order valence-corrected chi connectivity index (χ3v) is 2.76. The van der Waals surface area contributed by atoms with Crippen molar-refractivity contribution in [1.82, 2.24) is 14.8 Å². The molecule has 0 atom stereocenters. The van der Waals surface area contributed by atoms with E-state index in [1.54, 1.807) is 7.11 Å². The van der Waals surface area contributed by atoms with Gasteiger partial charge in [0.15, 0.2) is 17.3 Å². The quantitative estimate of drug-likeness (QED) is 0.802. The molecule has 0 fully saturated rings. The number of hydrogen-bond acceptors (Lipinski definition) is 4. The smallest absolute Gasteiger partial charge is 0.188 e. The van der Waals surface area contributed by atoms with E-state index in [-0.39, 0.29) is 0 Å². The van der Waals surface area contributed by atoms with Gasteiger partial charge in [0.1, 0.15) is 12.4 Å². The van der Waals surface area contributed by atoms with Crippen LogP contribution in [0.3, 0.4) is 0 Å². The lowest BCUT2D eigenvalue weighted by Crippen LogP contribution is -2.03. The summed E-state index contributed by atoms with van der Waals surface area (Å²) >= 11 is 0. The molecular weight excluding hydrogens is 242 g/mol. The lowest BCUT2D eigenvalue weighted by molar-refractivity contribution is 0.275. The second-order valence-electron chi connectivity index (χ2n) is 4.24. The monoisotopic (exact) mass is 261 g/mol. The number of hydrogen-bond donors (Lipinski definition) is 0. The summed E-state index contributed by atoms with van der Waals surface area (Å²) in [5.74, 6) is 3.03. The van der Waals surface area contributed by atoms with Gasteiger partial charge in [0.25, 0.3) is 0 Å². The minimum atomic E-state index is 0.345. The Hall–Kier alpha value is -2.04. The zero-order chi connectivity index (χ0) is 13.7. The Morgan fingerprint density at radius 1 is 1.21 bits per heavy atom. The molecule has 1 aromatic heterocycles. The molecule has 19 heavy (non-hydrogen) atoms. The fraction of sp³-hybridized carbons (Fsp3) is 0.429. The van der Waals surface area contributed by atoms with Crippen molar-refractivity contribution in [3.63, 3.8) is 0 Å². The number of aryl methyl sites for hydroxylation is 2. The molecule has 0 bridgehead atoms. The van der Waals surface area contributed by atoms with E-state index in [0.717, 1.165) is 18.8 Å². The highest BCUT2D eigenvalue weighted by atomic mass is 16.5. The molecule has 0 amide bonds. The zero-order valence-electron chi connectivity index (χ0n) is 11.6. The largest absolute Gasteiger partial charge is 0.493 e. The number of ether oxygens (including phenoxy) is 2. The third-order valence-electron chi connectivity index (χ3n) is 2.76. The van der Waals surface area contributed by atoms with Gasteiger partial charge in [-0.3, -0.25) is 0 Å². The van der Waals surface area contributed by atoms with Gasteiger partial charge in [-0.05, 0) is 25.5 Å². The van der Waals surface area contributed by atoms with Crippen molar-refractivity contribution in [2.24, 2.45) is 0 Å². The van der Waals surface area contributed by atoms with Crippen molar-refractivity contribution in [2.75, 3.05) is 7.11 Å². The van der Waals surface area contributed by atoms with Crippen molar-refractivity contribution in [2.45, 2.75) is 33.4 Å². The molecule has 102 valence electrons. The van der Waals surface area contributed by atoms with Crippen LogP contribution >= 0.6 is 0 Å². The number of aromatic nitrogens is 3. The molecule has 0 N–H and O–H groups in total. The predicted octanol–water partition coefficient (Wildman–Crippen LogP) is 2.58. The summed E-state index contributed by atoms with van der Waals surface area (Å²) in [5, 5.41) is 4.41. The van der Waals surface area contributed by atoms with Crippen molar-refractivity contribution in [1.29, 1.82) is 0 Å². The van der Waals surface area contributed by atoms with E-state index in [4.69, 9.17) is 9.47 Å². The van der Waals surface area contributed by atoms with Crippen LogP contribution in [0.15, 0.2) is 24.3 Å². The molecule has 0 aliphatic heterocycles. The summed E-state index contributed by atoms with van der Waals surface area (Å²) in [4.78, 5) is 4.39. The second kappa shape index (κ2) is 6.22. The maximum atomic E-state index is 5.70. The Morgan fingerprint density at radius 3 is 2.63 bits per heavy atom. The van der Waals surface area contributed by atoms with Gasteiger partial charge in [-0.2, -0.15) is 5.10 Å². The van der Waals surface area contributed by atoms with E-state index in [1.807, 2.05) is 35.9 Å². The standard InChI is InChI=1S/C14H19N3O2/c1-4-9-17-11(2)15-14(16-17)10-19-13-8-6-5-7-12(13)18-3/h5-8H,4,9-10H2,1-3H3. The first-order valence-corrected chi connectivity index (χ1v) is 6.40. The van der Waals surface area contributed by atoms with Crippen LogP contribution in [0.25, 0.3) is 0 Å². The maximum Gasteiger partial charge on any atom is 0.188 e. The second-order valence-corrected chi connectivity index (χ2v) is 4.24. The molecular formula is C14H19N3O2. The highest BCUT2D eigenvalue weighted by molar-refractivity contribution is 5.39. The first-order chi connectivity index (χ1) is 9.24. The number of para-hydroxylation sites is 2. The topological polar surface area (TPSA) is 49.2 Å². The van der Waals surface area contributed by atoms with E-state index >= 15 is 0 Å². The average molecular weight is 261 g/mol. The molecule has 1 heterocycles. The van der Waals surface area contributed by atoms with Crippen LogP contribution in [0.1, 0.15) is 25.0 Å². The van der Waals surface area contributed by atoms with Gasteiger partial charge < -0.3 is 9.47 Å². The van der Waals surface area contributed by atoms with E-state index in [1.165, 1.54) is 0 Å². The lowest BCUT2D eigenvalue weighted by atomic mass is 10.3. The summed E-state index contributed by atoms with van der Waals surface area (Å²) in [7, 11) is 1.63. The number of benzene rings is 1. The summed E-state index contributed by atoms with van der Waals surface area (Å²) in [6, 6.07) is 7.55. The molecule has 0 unspecified atom stereocenters. The number of rotatable bonds is 6. The van der Waals surface area contributed by atoms with Crippen molar-refractivity contribution >= 4 is 0 Å². The molecule has 1 aromatic carbocycles. The highest BCUT2D eigenvalue weighted by Crippen LogP contribution is 2.26. The first kappa shape index (κ1) is 13.4. The first-order valence-electron chi connectivity index (χ1n) is 6.40. The van der Waals surface area contributed by atoms with Crippen LogP contribution in [-0.4, -0.2) is 21.9 Å². The Bertz CT molecular complexity index is 537. The molecule has 0 aliphatic carbocycles. The van der Waals surface area contributed by atoms with Crippen LogP contribution in [0, 0.1) is 6.92 Å². The summed E-state index contributed by atoms with van der Waals surface area (Å²) < 4.78 is 12.8. The number of nitrogens with zero attached hydrogens (tertiary/aromatic N) is 3. The lowest BCUT2D eigenvalue weighted by Gasteiger charge is -2.08. The van der Waals surface area contributed by atoms with E-state index in [9.17, 15) is 0 Å². The molecule has 2 aromatic rings. The van der Waals surface area contributed by atoms with Crippen molar-refractivity contribution < 1.29 is 9.47 Å². The van der Waals surface area contributed by atoms with E-state index in [2.05, 4.69) is 17.0 Å². The third kappa shape index (κ3) is 3.24. The summed E-state index contributed by atoms with van der Waals surface area (Å²) in [6.45, 7) is 5.30. The van der Waals surface area contributed by atoms with Gasteiger partial charge in [0.05, 0.1) is 7.11 Å². The summed E-state index contributed by atoms with van der Waals surface area (Å²) in [6.07, 6.45) is 1.04.